The molecule has 0 aliphatic heterocycles. The second-order valence-corrected chi connectivity index (χ2v) is 4.82. The second kappa shape index (κ2) is 4.50. The van der Waals surface area contributed by atoms with Crippen LogP contribution in [0.5, 0.6) is 5.75 Å². The number of rotatable bonds is 2. The van der Waals surface area contributed by atoms with E-state index >= 15 is 0 Å². The van der Waals surface area contributed by atoms with E-state index in [0.29, 0.717) is 6.42 Å². The Labute approximate surface area is 110 Å². The molecule has 0 heterocycles. The molecule has 0 radical (unpaired) electrons. The van der Waals surface area contributed by atoms with E-state index < -0.39 is 5.82 Å². The van der Waals surface area contributed by atoms with E-state index in [2.05, 4.69) is 0 Å². The van der Waals surface area contributed by atoms with Crippen molar-refractivity contribution in [1.82, 2.24) is 0 Å². The number of carbonyl (C=O) groups excluding carboxylic acids is 1. The summed E-state index contributed by atoms with van der Waals surface area (Å²) in [4.78, 5) is 12.5. The highest BCUT2D eigenvalue weighted by Gasteiger charge is 2.30. The molecule has 1 atom stereocenters. The number of halogens is 1. The van der Waals surface area contributed by atoms with Gasteiger partial charge in [0.15, 0.2) is 5.78 Å². The molecular formula is C16H13FO2. The van der Waals surface area contributed by atoms with Gasteiger partial charge in [0.05, 0.1) is 5.56 Å². The van der Waals surface area contributed by atoms with E-state index in [0.717, 1.165) is 29.7 Å². The highest BCUT2D eigenvalue weighted by atomic mass is 19.1. The van der Waals surface area contributed by atoms with E-state index in [1.807, 2.05) is 24.3 Å². The summed E-state index contributed by atoms with van der Waals surface area (Å²) < 4.78 is 13.2. The van der Waals surface area contributed by atoms with E-state index in [-0.39, 0.29) is 23.0 Å². The third-order valence-corrected chi connectivity index (χ3v) is 3.67. The highest BCUT2D eigenvalue weighted by Crippen LogP contribution is 2.36. The summed E-state index contributed by atoms with van der Waals surface area (Å²) in [5.41, 5.74) is 2.23. The smallest absolute Gasteiger partial charge is 0.174 e. The Morgan fingerprint density at radius 2 is 2.00 bits per heavy atom. The molecule has 3 rings (SSSR count). The maximum atomic E-state index is 13.2. The second-order valence-electron chi connectivity index (χ2n) is 4.82. The zero-order valence-electron chi connectivity index (χ0n) is 10.3. The summed E-state index contributed by atoms with van der Waals surface area (Å²) in [5.74, 6) is -1.14. The number of phenols is 1. The van der Waals surface area contributed by atoms with Gasteiger partial charge in [0.1, 0.15) is 11.6 Å². The van der Waals surface area contributed by atoms with Crippen LogP contribution in [0, 0.1) is 5.82 Å². The van der Waals surface area contributed by atoms with Crippen LogP contribution >= 0.6 is 0 Å². The molecule has 2 nitrogen and oxygen atoms in total. The molecule has 2 aromatic rings. The first kappa shape index (κ1) is 11.9. The van der Waals surface area contributed by atoms with Crippen LogP contribution in [0.4, 0.5) is 4.39 Å². The van der Waals surface area contributed by atoms with Crippen molar-refractivity contribution in [3.8, 4) is 5.75 Å². The number of aryl methyl sites for hydroxylation is 1. The maximum Gasteiger partial charge on any atom is 0.174 e. The van der Waals surface area contributed by atoms with Crippen LogP contribution in [-0.4, -0.2) is 10.9 Å². The molecule has 1 aliphatic rings. The van der Waals surface area contributed by atoms with Crippen molar-refractivity contribution in [3.63, 3.8) is 0 Å². The fourth-order valence-corrected chi connectivity index (χ4v) is 2.72. The van der Waals surface area contributed by atoms with Gasteiger partial charge in [-0.2, -0.15) is 0 Å². The minimum absolute atomic E-state index is 0.0710. The SMILES string of the molecule is O=C(c1cc(F)ccc1O)C1CCc2ccccc21. The fourth-order valence-electron chi connectivity index (χ4n) is 2.72. The zero-order valence-corrected chi connectivity index (χ0v) is 10.3. The Balaban J connectivity index is 2.00. The van der Waals surface area contributed by atoms with Gasteiger partial charge in [0, 0.05) is 5.92 Å². The third-order valence-electron chi connectivity index (χ3n) is 3.67. The number of benzene rings is 2. The number of Topliss-reactive ketones (excluding diaryl/α,β-unsaturated/α-hetero) is 1. The van der Waals surface area contributed by atoms with Gasteiger partial charge in [-0.1, -0.05) is 24.3 Å². The van der Waals surface area contributed by atoms with Crippen molar-refractivity contribution in [1.29, 1.82) is 0 Å². The van der Waals surface area contributed by atoms with Crippen molar-refractivity contribution >= 4 is 5.78 Å². The lowest BCUT2D eigenvalue weighted by molar-refractivity contribution is 0.0956. The van der Waals surface area contributed by atoms with E-state index in [1.54, 1.807) is 0 Å². The lowest BCUT2D eigenvalue weighted by atomic mass is 9.92. The predicted molar refractivity (Wildman–Crippen MR) is 69.9 cm³/mol. The molecule has 0 saturated carbocycles. The van der Waals surface area contributed by atoms with Crippen LogP contribution in [0.1, 0.15) is 33.8 Å². The topological polar surface area (TPSA) is 37.3 Å². The number of carbonyl (C=O) groups is 1. The van der Waals surface area contributed by atoms with Crippen LogP contribution in [0.2, 0.25) is 0 Å². The van der Waals surface area contributed by atoms with Crippen LogP contribution in [-0.2, 0) is 6.42 Å². The van der Waals surface area contributed by atoms with E-state index in [9.17, 15) is 14.3 Å². The standard InChI is InChI=1S/C16H13FO2/c17-11-6-8-15(18)14(9-11)16(19)13-7-5-10-3-1-2-4-12(10)13/h1-4,6,8-9,13,18H,5,7H2. The maximum absolute atomic E-state index is 13.2. The molecule has 0 fully saturated rings. The molecule has 0 aromatic heterocycles. The van der Waals surface area contributed by atoms with Crippen LogP contribution in [0.25, 0.3) is 0 Å². The molecule has 0 bridgehead atoms. The van der Waals surface area contributed by atoms with Crippen LogP contribution in [0.3, 0.4) is 0 Å². The van der Waals surface area contributed by atoms with E-state index in [4.69, 9.17) is 0 Å². The Hall–Kier alpha value is -2.16. The van der Waals surface area contributed by atoms with Crippen molar-refractivity contribution in [2.45, 2.75) is 18.8 Å². The zero-order chi connectivity index (χ0) is 13.4. The van der Waals surface area contributed by atoms with Crippen LogP contribution < -0.4 is 0 Å². The fraction of sp³-hybridized carbons (Fsp3) is 0.188. The molecule has 0 amide bonds. The summed E-state index contributed by atoms with van der Waals surface area (Å²) in [6.07, 6.45) is 1.57. The molecule has 0 saturated heterocycles. The summed E-state index contributed by atoms with van der Waals surface area (Å²) in [5, 5.41) is 9.73. The van der Waals surface area contributed by atoms with Gasteiger partial charge in [-0.15, -0.1) is 0 Å². The van der Waals surface area contributed by atoms with Gasteiger partial charge in [-0.05, 0) is 42.2 Å². The minimum Gasteiger partial charge on any atom is -0.507 e. The van der Waals surface area contributed by atoms with Crippen molar-refractivity contribution in [2.75, 3.05) is 0 Å². The molecule has 2 aromatic carbocycles. The monoisotopic (exact) mass is 256 g/mol. The Kier molecular flexibility index (Phi) is 2.82. The van der Waals surface area contributed by atoms with Gasteiger partial charge in [0.25, 0.3) is 0 Å². The van der Waals surface area contributed by atoms with E-state index in [1.165, 1.54) is 6.07 Å². The lowest BCUT2D eigenvalue weighted by Gasteiger charge is -2.11. The number of ketones is 1. The van der Waals surface area contributed by atoms with Gasteiger partial charge in [-0.25, -0.2) is 4.39 Å². The summed E-state index contributed by atoms with van der Waals surface area (Å²) in [6.45, 7) is 0. The highest BCUT2D eigenvalue weighted by molar-refractivity contribution is 6.03. The van der Waals surface area contributed by atoms with Gasteiger partial charge in [0.2, 0.25) is 0 Å². The predicted octanol–water partition coefficient (Wildman–Crippen LogP) is 3.44. The molecule has 1 unspecified atom stereocenters. The average molecular weight is 256 g/mol. The molecule has 1 aliphatic carbocycles. The molecular weight excluding hydrogens is 243 g/mol. The van der Waals surface area contributed by atoms with Gasteiger partial charge in [-0.3, -0.25) is 4.79 Å². The van der Waals surface area contributed by atoms with Crippen molar-refractivity contribution < 1.29 is 14.3 Å². The van der Waals surface area contributed by atoms with Crippen LogP contribution in [0.15, 0.2) is 42.5 Å². The summed E-state index contributed by atoms with van der Waals surface area (Å²) >= 11 is 0. The number of hydrogen-bond donors (Lipinski definition) is 1. The molecule has 3 heteroatoms. The Morgan fingerprint density at radius 1 is 1.21 bits per heavy atom. The quantitative estimate of drug-likeness (QED) is 0.836. The van der Waals surface area contributed by atoms with Crippen molar-refractivity contribution in [2.24, 2.45) is 0 Å². The van der Waals surface area contributed by atoms with Gasteiger partial charge < -0.3 is 5.11 Å². The number of aromatic hydroxyl groups is 1. The summed E-state index contributed by atoms with van der Waals surface area (Å²) in [7, 11) is 0. The largest absolute Gasteiger partial charge is 0.507 e. The van der Waals surface area contributed by atoms with Gasteiger partial charge >= 0.3 is 0 Å². The molecule has 1 N–H and O–H groups in total. The number of fused-ring (bicyclic) bond motifs is 1. The first-order chi connectivity index (χ1) is 9.16. The Morgan fingerprint density at radius 3 is 2.84 bits per heavy atom. The number of phenolic OH excluding ortho intramolecular Hbond substituents is 1. The summed E-state index contributed by atoms with van der Waals surface area (Å²) in [6, 6.07) is 11.3. The number of hydrogen-bond acceptors (Lipinski definition) is 2. The Bertz CT molecular complexity index is 649. The average Bonchev–Trinajstić information content (AvgIpc) is 2.84. The third kappa shape index (κ3) is 2.01. The first-order valence-corrected chi connectivity index (χ1v) is 6.27. The molecule has 19 heavy (non-hydrogen) atoms. The minimum atomic E-state index is -0.507. The lowest BCUT2D eigenvalue weighted by Crippen LogP contribution is -2.10. The molecule has 96 valence electrons. The van der Waals surface area contributed by atoms with Crippen molar-refractivity contribution in [3.05, 3.63) is 65.0 Å². The normalized spacial score (nSPS) is 17.2. The first-order valence-electron chi connectivity index (χ1n) is 6.27. The molecule has 0 spiro atoms.